The van der Waals surface area contributed by atoms with Gasteiger partial charge in [0.2, 0.25) is 0 Å². The first-order chi connectivity index (χ1) is 11.6. The topological polar surface area (TPSA) is 73.9 Å². The van der Waals surface area contributed by atoms with E-state index in [0.717, 1.165) is 0 Å². The van der Waals surface area contributed by atoms with Crippen LogP contribution >= 0.6 is 11.6 Å². The fourth-order valence-corrected chi connectivity index (χ4v) is 2.16. The lowest BCUT2D eigenvalue weighted by Gasteiger charge is -2.13. The van der Waals surface area contributed by atoms with Crippen molar-refractivity contribution in [3.05, 3.63) is 47.0 Å². The van der Waals surface area contributed by atoms with Gasteiger partial charge in [-0.1, -0.05) is 11.6 Å². The minimum atomic E-state index is -0.392. The summed E-state index contributed by atoms with van der Waals surface area (Å²) in [5.74, 6) is 0.821. The van der Waals surface area contributed by atoms with Gasteiger partial charge in [-0.25, -0.2) is 0 Å². The lowest BCUT2D eigenvalue weighted by atomic mass is 10.2. The predicted octanol–water partition coefficient (Wildman–Crippen LogP) is 3.19. The summed E-state index contributed by atoms with van der Waals surface area (Å²) in [6, 6.07) is 9.56. The quantitative estimate of drug-likeness (QED) is 0.777. The lowest BCUT2D eigenvalue weighted by Crippen LogP contribution is -2.20. The second kappa shape index (κ2) is 8.21. The van der Waals surface area contributed by atoms with Crippen LogP contribution in [0.1, 0.15) is 10.4 Å². The van der Waals surface area contributed by atoms with Crippen molar-refractivity contribution in [2.24, 2.45) is 0 Å². The molecule has 0 saturated carbocycles. The van der Waals surface area contributed by atoms with Crippen LogP contribution in [-0.2, 0) is 4.79 Å². The number of benzene rings is 2. The zero-order chi connectivity index (χ0) is 17.5. The van der Waals surface area contributed by atoms with Gasteiger partial charge in [0.25, 0.3) is 5.91 Å². The molecular formula is C17H16ClNO5. The zero-order valence-electron chi connectivity index (χ0n) is 13.2. The third kappa shape index (κ3) is 4.39. The van der Waals surface area contributed by atoms with Crippen LogP contribution in [-0.4, -0.2) is 33.0 Å². The fourth-order valence-electron chi connectivity index (χ4n) is 1.98. The summed E-state index contributed by atoms with van der Waals surface area (Å²) in [6.45, 7) is -0.244. The van der Waals surface area contributed by atoms with Crippen LogP contribution in [0.2, 0.25) is 5.02 Å². The van der Waals surface area contributed by atoms with Crippen molar-refractivity contribution < 1.29 is 23.8 Å². The van der Waals surface area contributed by atoms with Crippen molar-refractivity contribution in [1.29, 1.82) is 0 Å². The lowest BCUT2D eigenvalue weighted by molar-refractivity contribution is -0.118. The van der Waals surface area contributed by atoms with Gasteiger partial charge in [-0.2, -0.15) is 0 Å². The molecule has 0 aliphatic carbocycles. The van der Waals surface area contributed by atoms with Crippen LogP contribution in [0.3, 0.4) is 0 Å². The first-order valence-electron chi connectivity index (χ1n) is 6.96. The maximum atomic E-state index is 12.1. The molecular weight excluding hydrogens is 334 g/mol. The molecule has 0 radical (unpaired) electrons. The average molecular weight is 350 g/mol. The van der Waals surface area contributed by atoms with Gasteiger partial charge in [0.15, 0.2) is 18.1 Å². The molecule has 7 heteroatoms. The van der Waals surface area contributed by atoms with Gasteiger partial charge in [-0.05, 0) is 36.4 Å². The Bertz CT molecular complexity index is 748. The third-order valence-corrected chi connectivity index (χ3v) is 3.35. The highest BCUT2D eigenvalue weighted by molar-refractivity contribution is 6.31. The van der Waals surface area contributed by atoms with Crippen molar-refractivity contribution in [2.45, 2.75) is 0 Å². The summed E-state index contributed by atoms with van der Waals surface area (Å²) in [7, 11) is 2.95. The van der Waals surface area contributed by atoms with E-state index in [1.807, 2.05) is 0 Å². The largest absolute Gasteiger partial charge is 0.495 e. The molecule has 1 amide bonds. The number of methoxy groups -OCH3 is 2. The van der Waals surface area contributed by atoms with Gasteiger partial charge in [-0.15, -0.1) is 0 Å². The van der Waals surface area contributed by atoms with Crippen molar-refractivity contribution >= 4 is 29.5 Å². The van der Waals surface area contributed by atoms with E-state index in [0.29, 0.717) is 39.8 Å². The highest BCUT2D eigenvalue weighted by Gasteiger charge is 2.11. The van der Waals surface area contributed by atoms with E-state index in [2.05, 4.69) is 5.32 Å². The van der Waals surface area contributed by atoms with Gasteiger partial charge >= 0.3 is 0 Å². The first-order valence-corrected chi connectivity index (χ1v) is 7.34. The van der Waals surface area contributed by atoms with Crippen LogP contribution in [0.4, 0.5) is 5.69 Å². The van der Waals surface area contributed by atoms with Gasteiger partial charge in [0.1, 0.15) is 12.0 Å². The molecule has 0 spiro atoms. The highest BCUT2D eigenvalue weighted by atomic mass is 35.5. The van der Waals surface area contributed by atoms with Crippen molar-refractivity contribution in [2.75, 3.05) is 26.1 Å². The van der Waals surface area contributed by atoms with Crippen LogP contribution in [0.5, 0.6) is 17.2 Å². The maximum absolute atomic E-state index is 12.1. The number of carbonyl (C=O) groups excluding carboxylic acids is 2. The summed E-state index contributed by atoms with van der Waals surface area (Å²) in [4.78, 5) is 22.8. The maximum Gasteiger partial charge on any atom is 0.262 e. The number of rotatable bonds is 7. The third-order valence-electron chi connectivity index (χ3n) is 3.12. The van der Waals surface area contributed by atoms with Crippen molar-refractivity contribution in [1.82, 2.24) is 0 Å². The Morgan fingerprint density at radius 2 is 1.79 bits per heavy atom. The molecule has 2 aromatic carbocycles. The Kier molecular flexibility index (Phi) is 6.03. The Labute approximate surface area is 144 Å². The van der Waals surface area contributed by atoms with E-state index in [-0.39, 0.29) is 6.61 Å². The normalized spacial score (nSPS) is 9.96. The molecule has 0 saturated heterocycles. The SMILES string of the molecule is COc1ccc(Cl)cc1NC(=O)COc1ccc(C=O)cc1OC. The molecule has 0 aromatic heterocycles. The summed E-state index contributed by atoms with van der Waals surface area (Å²) in [6.07, 6.45) is 0.699. The summed E-state index contributed by atoms with van der Waals surface area (Å²) < 4.78 is 15.7. The first kappa shape index (κ1) is 17.6. The molecule has 0 aliphatic rings. The van der Waals surface area contributed by atoms with Crippen LogP contribution in [0, 0.1) is 0 Å². The van der Waals surface area contributed by atoms with Gasteiger partial charge < -0.3 is 19.5 Å². The minimum Gasteiger partial charge on any atom is -0.495 e. The van der Waals surface area contributed by atoms with Crippen molar-refractivity contribution in [3.63, 3.8) is 0 Å². The standard InChI is InChI=1S/C17H16ClNO5/c1-22-14-6-4-12(18)8-13(14)19-17(21)10-24-15-5-3-11(9-20)7-16(15)23-2/h3-9H,10H2,1-2H3,(H,19,21). The average Bonchev–Trinajstić information content (AvgIpc) is 2.60. The molecule has 0 aliphatic heterocycles. The molecule has 0 fully saturated rings. The Balaban J connectivity index is 2.04. The van der Waals surface area contributed by atoms with Gasteiger partial charge in [0.05, 0.1) is 19.9 Å². The number of hydrogen-bond acceptors (Lipinski definition) is 5. The van der Waals surface area contributed by atoms with E-state index in [1.54, 1.807) is 30.3 Å². The molecule has 0 bridgehead atoms. The molecule has 0 atom stereocenters. The number of anilines is 1. The molecule has 126 valence electrons. The summed E-state index contributed by atoms with van der Waals surface area (Å²) >= 11 is 5.92. The van der Waals surface area contributed by atoms with Crippen LogP contribution < -0.4 is 19.5 Å². The number of hydrogen-bond donors (Lipinski definition) is 1. The van der Waals surface area contributed by atoms with E-state index in [9.17, 15) is 9.59 Å². The molecule has 1 N–H and O–H groups in total. The van der Waals surface area contributed by atoms with E-state index in [1.165, 1.54) is 20.3 Å². The monoisotopic (exact) mass is 349 g/mol. The van der Waals surface area contributed by atoms with Crippen LogP contribution in [0.25, 0.3) is 0 Å². The Morgan fingerprint density at radius 1 is 1.08 bits per heavy atom. The second-order valence-corrected chi connectivity index (χ2v) is 5.15. The molecule has 0 unspecified atom stereocenters. The minimum absolute atomic E-state index is 0.244. The number of carbonyl (C=O) groups is 2. The van der Waals surface area contributed by atoms with Crippen molar-refractivity contribution in [3.8, 4) is 17.2 Å². The van der Waals surface area contributed by atoms with E-state index in [4.69, 9.17) is 25.8 Å². The number of amides is 1. The Morgan fingerprint density at radius 3 is 2.46 bits per heavy atom. The molecule has 2 aromatic rings. The molecule has 6 nitrogen and oxygen atoms in total. The molecule has 0 heterocycles. The second-order valence-electron chi connectivity index (χ2n) is 4.71. The number of aldehydes is 1. The number of nitrogens with one attached hydrogen (secondary N) is 1. The highest BCUT2D eigenvalue weighted by Crippen LogP contribution is 2.29. The number of halogens is 1. The summed E-state index contributed by atoms with van der Waals surface area (Å²) in [5.41, 5.74) is 0.897. The Hall–Kier alpha value is -2.73. The van der Waals surface area contributed by atoms with Crippen LogP contribution in [0.15, 0.2) is 36.4 Å². The molecule has 24 heavy (non-hydrogen) atoms. The fraction of sp³-hybridized carbons (Fsp3) is 0.176. The molecule has 2 rings (SSSR count). The predicted molar refractivity (Wildman–Crippen MR) is 90.5 cm³/mol. The smallest absolute Gasteiger partial charge is 0.262 e. The zero-order valence-corrected chi connectivity index (χ0v) is 13.9. The van der Waals surface area contributed by atoms with E-state index < -0.39 is 5.91 Å². The van der Waals surface area contributed by atoms with E-state index >= 15 is 0 Å². The van der Waals surface area contributed by atoms with Gasteiger partial charge in [0, 0.05) is 10.6 Å². The summed E-state index contributed by atoms with van der Waals surface area (Å²) in [5, 5.41) is 3.13. The number of ether oxygens (including phenoxy) is 3. The van der Waals surface area contributed by atoms with Gasteiger partial charge in [-0.3, -0.25) is 9.59 Å².